The maximum absolute atomic E-state index is 6.22. The summed E-state index contributed by atoms with van der Waals surface area (Å²) < 4.78 is 17.7. The van der Waals surface area contributed by atoms with Crippen LogP contribution >= 0.6 is 0 Å². The molecule has 0 bridgehead atoms. The predicted molar refractivity (Wildman–Crippen MR) is 104 cm³/mol. The van der Waals surface area contributed by atoms with Gasteiger partial charge in [0.25, 0.3) is 0 Å². The minimum absolute atomic E-state index is 0.138. The van der Waals surface area contributed by atoms with Gasteiger partial charge in [-0.15, -0.1) is 0 Å². The van der Waals surface area contributed by atoms with Gasteiger partial charge in [-0.25, -0.2) is 0 Å². The largest absolute Gasteiger partial charge is 0.565 e. The zero-order chi connectivity index (χ0) is 18.3. The average molecular weight is 367 g/mol. The summed E-state index contributed by atoms with van der Waals surface area (Å²) in [6.45, 7) is 12.1. The Labute approximate surface area is 154 Å². The van der Waals surface area contributed by atoms with Gasteiger partial charge in [0.1, 0.15) is 5.75 Å². The lowest BCUT2D eigenvalue weighted by atomic mass is 9.87. The Morgan fingerprint density at radius 3 is 2.16 bits per heavy atom. The van der Waals surface area contributed by atoms with Crippen LogP contribution in [0.5, 0.6) is 5.75 Å². The summed E-state index contributed by atoms with van der Waals surface area (Å²) in [6, 6.07) is 9.12. The van der Waals surface area contributed by atoms with E-state index in [1.807, 2.05) is 12.1 Å². The molecule has 1 fully saturated rings. The summed E-state index contributed by atoms with van der Waals surface area (Å²) in [5.41, 5.74) is 1.43. The molecule has 1 heterocycles. The van der Waals surface area contributed by atoms with Gasteiger partial charge >= 0.3 is 8.80 Å². The summed E-state index contributed by atoms with van der Waals surface area (Å²) in [4.78, 5) is 2.49. The molecule has 0 atom stereocenters. The fraction of sp³-hybridized carbons (Fsp3) is 0.684. The highest BCUT2D eigenvalue weighted by Crippen LogP contribution is 2.27. The summed E-state index contributed by atoms with van der Waals surface area (Å²) in [5.74, 6) is 0.825. The fourth-order valence-corrected chi connectivity index (χ4v) is 5.01. The molecule has 1 N–H and O–H groups in total. The van der Waals surface area contributed by atoms with E-state index >= 15 is 0 Å². The first-order chi connectivity index (χ1) is 11.9. The second-order valence-corrected chi connectivity index (χ2v) is 10.5. The van der Waals surface area contributed by atoms with E-state index in [0.29, 0.717) is 0 Å². The van der Waals surface area contributed by atoms with E-state index in [-0.39, 0.29) is 5.41 Å². The minimum atomic E-state index is -2.67. The minimum Gasteiger partial charge on any atom is -0.501 e. The second kappa shape index (κ2) is 9.14. The van der Waals surface area contributed by atoms with E-state index in [1.165, 1.54) is 5.56 Å². The van der Waals surface area contributed by atoms with Crippen LogP contribution < -0.4 is 9.74 Å². The molecule has 0 aromatic heterocycles. The van der Waals surface area contributed by atoms with Gasteiger partial charge in [0.2, 0.25) is 0 Å². The summed E-state index contributed by atoms with van der Waals surface area (Å²) in [7, 11) is 0.723. The van der Waals surface area contributed by atoms with Crippen molar-refractivity contribution in [2.45, 2.75) is 38.7 Å². The smallest absolute Gasteiger partial charge is 0.501 e. The first-order valence-corrected chi connectivity index (χ1v) is 11.1. The first kappa shape index (κ1) is 20.4. The van der Waals surface area contributed by atoms with Gasteiger partial charge in [-0.1, -0.05) is 32.9 Å². The van der Waals surface area contributed by atoms with Crippen LogP contribution in [0.1, 0.15) is 32.8 Å². The Bertz CT molecular complexity index is 506. The van der Waals surface area contributed by atoms with Crippen LogP contribution in [-0.2, 0) is 14.3 Å². The van der Waals surface area contributed by atoms with E-state index in [2.05, 4.69) is 43.1 Å². The molecular weight excluding hydrogens is 332 g/mol. The molecule has 5 nitrogen and oxygen atoms in total. The van der Waals surface area contributed by atoms with Gasteiger partial charge in [0, 0.05) is 46.4 Å². The molecular formula is C19H34N2O3Si. The normalized spacial score (nSPS) is 16.8. The van der Waals surface area contributed by atoms with Crippen LogP contribution in [0.15, 0.2) is 24.3 Å². The van der Waals surface area contributed by atoms with Crippen LogP contribution in [0, 0.1) is 0 Å². The van der Waals surface area contributed by atoms with Crippen molar-refractivity contribution >= 4 is 8.80 Å². The molecule has 1 aliphatic heterocycles. The van der Waals surface area contributed by atoms with E-state index < -0.39 is 8.80 Å². The van der Waals surface area contributed by atoms with Crippen LogP contribution in [0.3, 0.4) is 0 Å². The van der Waals surface area contributed by atoms with Crippen molar-refractivity contribution in [1.29, 1.82) is 0 Å². The number of nitrogens with one attached hydrogen (secondary N) is 1. The molecule has 1 aromatic rings. The Hall–Kier alpha value is -0.923. The lowest BCUT2D eigenvalue weighted by Crippen LogP contribution is -2.48. The predicted octanol–water partition coefficient (Wildman–Crippen LogP) is 2.89. The Morgan fingerprint density at radius 2 is 1.64 bits per heavy atom. The molecule has 142 valence electrons. The van der Waals surface area contributed by atoms with Crippen molar-refractivity contribution in [3.8, 4) is 5.75 Å². The second-order valence-electron chi connectivity index (χ2n) is 7.66. The van der Waals surface area contributed by atoms with Crippen LogP contribution in [0.2, 0.25) is 6.04 Å². The molecule has 0 spiro atoms. The molecule has 1 aliphatic rings. The Balaban J connectivity index is 1.93. The van der Waals surface area contributed by atoms with Crippen molar-refractivity contribution in [2.24, 2.45) is 0 Å². The lowest BCUT2D eigenvalue weighted by Gasteiger charge is -2.30. The highest BCUT2D eigenvalue weighted by atomic mass is 28.4. The van der Waals surface area contributed by atoms with Gasteiger partial charge in [0.15, 0.2) is 0 Å². The molecule has 2 rings (SSSR count). The first-order valence-electron chi connectivity index (χ1n) is 9.21. The zero-order valence-corrected chi connectivity index (χ0v) is 17.4. The third-order valence-corrected chi connectivity index (χ3v) is 7.54. The SMILES string of the molecule is CO[Si](CCCN1CCNCC1)(OC)Oc1ccc(C(C)(C)C)cc1. The number of rotatable bonds is 8. The number of piperazine rings is 1. The highest BCUT2D eigenvalue weighted by molar-refractivity contribution is 6.61. The highest BCUT2D eigenvalue weighted by Gasteiger charge is 2.41. The monoisotopic (exact) mass is 366 g/mol. The van der Waals surface area contributed by atoms with Crippen molar-refractivity contribution in [3.63, 3.8) is 0 Å². The summed E-state index contributed by atoms with van der Waals surface area (Å²) >= 11 is 0. The van der Waals surface area contributed by atoms with Crippen LogP contribution in [0.4, 0.5) is 0 Å². The van der Waals surface area contributed by atoms with Crippen LogP contribution in [-0.4, -0.2) is 60.6 Å². The van der Waals surface area contributed by atoms with E-state index in [0.717, 1.165) is 50.9 Å². The quantitative estimate of drug-likeness (QED) is 0.717. The number of nitrogens with zero attached hydrogens (tertiary/aromatic N) is 1. The average Bonchev–Trinajstić information content (AvgIpc) is 2.61. The third kappa shape index (κ3) is 6.08. The van der Waals surface area contributed by atoms with Gasteiger partial charge < -0.3 is 23.5 Å². The van der Waals surface area contributed by atoms with Crippen molar-refractivity contribution in [3.05, 3.63) is 29.8 Å². The van der Waals surface area contributed by atoms with Gasteiger partial charge in [-0.05, 0) is 36.1 Å². The van der Waals surface area contributed by atoms with E-state index in [9.17, 15) is 0 Å². The van der Waals surface area contributed by atoms with Crippen molar-refractivity contribution in [2.75, 3.05) is 46.9 Å². The molecule has 0 amide bonds. The van der Waals surface area contributed by atoms with E-state index in [4.69, 9.17) is 13.3 Å². The topological polar surface area (TPSA) is 43.0 Å². The molecule has 0 radical (unpaired) electrons. The molecule has 1 aromatic carbocycles. The Morgan fingerprint density at radius 1 is 1.04 bits per heavy atom. The maximum Gasteiger partial charge on any atom is 0.565 e. The van der Waals surface area contributed by atoms with Crippen molar-refractivity contribution < 1.29 is 13.3 Å². The summed E-state index contributed by atoms with van der Waals surface area (Å²) in [5, 5.41) is 3.38. The molecule has 1 saturated heterocycles. The standard InChI is InChI=1S/C19H34N2O3Si/c1-19(2,3)17-7-9-18(10-8-17)24-25(22-4,23-5)16-6-13-21-14-11-20-12-15-21/h7-10,20H,6,11-16H2,1-5H3. The number of benzene rings is 1. The lowest BCUT2D eigenvalue weighted by molar-refractivity contribution is 0.156. The van der Waals surface area contributed by atoms with Crippen LogP contribution in [0.25, 0.3) is 0 Å². The number of hydrogen-bond donors (Lipinski definition) is 1. The fourth-order valence-electron chi connectivity index (χ4n) is 3.08. The summed E-state index contributed by atoms with van der Waals surface area (Å²) in [6.07, 6.45) is 1.02. The van der Waals surface area contributed by atoms with Crippen molar-refractivity contribution in [1.82, 2.24) is 10.2 Å². The molecule has 25 heavy (non-hydrogen) atoms. The molecule has 0 unspecified atom stereocenters. The maximum atomic E-state index is 6.22. The third-order valence-electron chi connectivity index (χ3n) is 4.78. The van der Waals surface area contributed by atoms with Gasteiger partial charge in [0.05, 0.1) is 0 Å². The van der Waals surface area contributed by atoms with Gasteiger partial charge in [-0.2, -0.15) is 0 Å². The number of hydrogen-bond acceptors (Lipinski definition) is 5. The van der Waals surface area contributed by atoms with E-state index in [1.54, 1.807) is 14.2 Å². The zero-order valence-electron chi connectivity index (χ0n) is 16.4. The molecule has 0 saturated carbocycles. The Kier molecular flexibility index (Phi) is 7.46. The molecule has 0 aliphatic carbocycles. The van der Waals surface area contributed by atoms with Gasteiger partial charge in [-0.3, -0.25) is 0 Å². The molecule has 6 heteroatoms.